The second kappa shape index (κ2) is 5.89. The van der Waals surface area contributed by atoms with Crippen LogP contribution in [0.15, 0.2) is 12.4 Å². The van der Waals surface area contributed by atoms with Crippen LogP contribution >= 0.6 is 0 Å². The molecule has 2 aliphatic rings. The van der Waals surface area contributed by atoms with E-state index in [-0.39, 0.29) is 11.8 Å². The van der Waals surface area contributed by atoms with Crippen molar-refractivity contribution in [2.75, 3.05) is 13.1 Å². The number of hydrogen-bond acceptors (Lipinski definition) is 4. The van der Waals surface area contributed by atoms with Crippen LogP contribution in [0.25, 0.3) is 11.2 Å². The molecule has 7 nitrogen and oxygen atoms in total. The number of nitrogens with one attached hydrogen (secondary N) is 2. The van der Waals surface area contributed by atoms with Crippen molar-refractivity contribution in [3.8, 4) is 0 Å². The molecule has 0 spiro atoms. The van der Waals surface area contributed by atoms with E-state index in [1.165, 1.54) is 0 Å². The fourth-order valence-corrected chi connectivity index (χ4v) is 3.20. The maximum Gasteiger partial charge on any atom is 0.255 e. The number of carbonyl (C=O) groups excluding carboxylic acids is 2. The molecule has 126 valence electrons. The first-order chi connectivity index (χ1) is 11.6. The van der Waals surface area contributed by atoms with Crippen LogP contribution in [0.5, 0.6) is 0 Å². The third-order valence-corrected chi connectivity index (χ3v) is 4.78. The first kappa shape index (κ1) is 15.1. The van der Waals surface area contributed by atoms with Gasteiger partial charge in [0.2, 0.25) is 5.91 Å². The summed E-state index contributed by atoms with van der Waals surface area (Å²) in [5.41, 5.74) is 2.57. The van der Waals surface area contributed by atoms with Crippen molar-refractivity contribution in [2.24, 2.45) is 0 Å². The Morgan fingerprint density at radius 1 is 1.33 bits per heavy atom. The summed E-state index contributed by atoms with van der Waals surface area (Å²) in [6.07, 6.45) is 7.73. The number of nitrogens with zero attached hydrogens (tertiary/aromatic N) is 3. The van der Waals surface area contributed by atoms with Gasteiger partial charge in [-0.3, -0.25) is 9.59 Å². The molecule has 2 fully saturated rings. The molecule has 1 aliphatic carbocycles. The van der Waals surface area contributed by atoms with E-state index in [2.05, 4.69) is 20.3 Å². The minimum atomic E-state index is -0.542. The van der Waals surface area contributed by atoms with Crippen LogP contribution < -0.4 is 5.32 Å². The van der Waals surface area contributed by atoms with Gasteiger partial charge in [0.15, 0.2) is 5.65 Å². The summed E-state index contributed by atoms with van der Waals surface area (Å²) in [6, 6.07) is -0.542. The highest BCUT2D eigenvalue weighted by Gasteiger charge is 2.28. The Balaban J connectivity index is 1.52. The lowest BCUT2D eigenvalue weighted by Crippen LogP contribution is -2.45. The fraction of sp³-hybridized carbons (Fsp3) is 0.529. The summed E-state index contributed by atoms with van der Waals surface area (Å²) in [6.45, 7) is 3.29. The number of H-pyrrole nitrogens is 1. The van der Waals surface area contributed by atoms with Crippen molar-refractivity contribution < 1.29 is 9.59 Å². The normalized spacial score (nSPS) is 18.8. The summed E-state index contributed by atoms with van der Waals surface area (Å²) in [4.78, 5) is 38.7. The Morgan fingerprint density at radius 3 is 2.79 bits per heavy atom. The number of fused-ring (bicyclic) bond motifs is 1. The minimum Gasteiger partial charge on any atom is -0.344 e. The van der Waals surface area contributed by atoms with Crippen molar-refractivity contribution in [2.45, 2.75) is 44.6 Å². The van der Waals surface area contributed by atoms with Gasteiger partial charge in [-0.05, 0) is 32.6 Å². The van der Waals surface area contributed by atoms with Crippen LogP contribution in [0.4, 0.5) is 0 Å². The third kappa shape index (κ3) is 2.74. The number of aromatic amines is 1. The van der Waals surface area contributed by atoms with Gasteiger partial charge < -0.3 is 15.2 Å². The second-order valence-electron chi connectivity index (χ2n) is 6.70. The highest BCUT2D eigenvalue weighted by molar-refractivity contribution is 6.05. The van der Waals surface area contributed by atoms with E-state index >= 15 is 0 Å². The summed E-state index contributed by atoms with van der Waals surface area (Å²) >= 11 is 0. The zero-order chi connectivity index (χ0) is 16.7. The Bertz CT molecular complexity index is 789. The van der Waals surface area contributed by atoms with E-state index in [9.17, 15) is 9.59 Å². The molecule has 2 aromatic rings. The molecular formula is C17H21N5O2. The maximum atomic E-state index is 12.6. The quantitative estimate of drug-likeness (QED) is 0.892. The Morgan fingerprint density at radius 2 is 2.08 bits per heavy atom. The van der Waals surface area contributed by atoms with Gasteiger partial charge in [0.25, 0.3) is 5.91 Å². The molecule has 1 atom stereocenters. The van der Waals surface area contributed by atoms with Crippen molar-refractivity contribution >= 4 is 23.0 Å². The van der Waals surface area contributed by atoms with E-state index in [4.69, 9.17) is 0 Å². The lowest BCUT2D eigenvalue weighted by atomic mass is 10.2. The molecule has 3 heterocycles. The summed E-state index contributed by atoms with van der Waals surface area (Å²) in [5.74, 6) is 0.164. The van der Waals surface area contributed by atoms with E-state index in [0.29, 0.717) is 22.6 Å². The molecule has 0 radical (unpaired) electrons. The van der Waals surface area contributed by atoms with Gasteiger partial charge >= 0.3 is 0 Å². The molecular weight excluding hydrogens is 306 g/mol. The zero-order valence-electron chi connectivity index (χ0n) is 13.7. The van der Waals surface area contributed by atoms with Crippen molar-refractivity contribution in [3.63, 3.8) is 0 Å². The van der Waals surface area contributed by atoms with Crippen LogP contribution in [-0.2, 0) is 4.79 Å². The number of likely N-dealkylation sites (tertiary alicyclic amines) is 1. The van der Waals surface area contributed by atoms with Crippen LogP contribution in [0.1, 0.15) is 54.6 Å². The number of aromatic nitrogens is 3. The number of amides is 2. The minimum absolute atomic E-state index is 0.0227. The van der Waals surface area contributed by atoms with Gasteiger partial charge in [-0.25, -0.2) is 9.97 Å². The smallest absolute Gasteiger partial charge is 0.255 e. The zero-order valence-corrected chi connectivity index (χ0v) is 13.7. The first-order valence-corrected chi connectivity index (χ1v) is 8.57. The Hall–Kier alpha value is -2.44. The van der Waals surface area contributed by atoms with Gasteiger partial charge in [-0.15, -0.1) is 0 Å². The third-order valence-electron chi connectivity index (χ3n) is 4.78. The average molecular weight is 327 g/mol. The summed E-state index contributed by atoms with van der Waals surface area (Å²) in [7, 11) is 0. The van der Waals surface area contributed by atoms with Crippen molar-refractivity contribution in [1.29, 1.82) is 0 Å². The number of hydrogen-bond donors (Lipinski definition) is 2. The summed E-state index contributed by atoms with van der Waals surface area (Å²) in [5, 5.41) is 2.80. The van der Waals surface area contributed by atoms with Gasteiger partial charge in [-0.2, -0.15) is 0 Å². The lowest BCUT2D eigenvalue weighted by molar-refractivity contribution is -0.131. The molecule has 7 heteroatoms. The number of rotatable bonds is 4. The van der Waals surface area contributed by atoms with Gasteiger partial charge in [0, 0.05) is 25.2 Å². The monoisotopic (exact) mass is 327 g/mol. The lowest BCUT2D eigenvalue weighted by Gasteiger charge is -2.20. The Labute approximate surface area is 139 Å². The molecule has 1 unspecified atom stereocenters. The highest BCUT2D eigenvalue weighted by atomic mass is 16.2. The number of carbonyl (C=O) groups is 2. The first-order valence-electron chi connectivity index (χ1n) is 8.57. The van der Waals surface area contributed by atoms with E-state index in [1.807, 2.05) is 4.90 Å². The van der Waals surface area contributed by atoms with E-state index in [0.717, 1.165) is 44.5 Å². The predicted molar refractivity (Wildman–Crippen MR) is 88.6 cm³/mol. The van der Waals surface area contributed by atoms with Gasteiger partial charge in [0.1, 0.15) is 11.6 Å². The van der Waals surface area contributed by atoms with Crippen molar-refractivity contribution in [1.82, 2.24) is 25.2 Å². The molecule has 4 rings (SSSR count). The SMILES string of the molecule is CC(NC(=O)c1c[nH]c2ncc(C3CC3)nc12)C(=O)N1CCCC1. The summed E-state index contributed by atoms with van der Waals surface area (Å²) < 4.78 is 0. The standard InChI is InChI=1S/C17H21N5O2/c1-10(17(24)22-6-2-3-7-22)20-16(23)12-8-18-15-14(12)21-13(9-19-15)11-4-5-11/h8-11H,2-7H2,1H3,(H,18,19)(H,20,23). The second-order valence-corrected chi connectivity index (χ2v) is 6.70. The topological polar surface area (TPSA) is 91.0 Å². The molecule has 0 aromatic carbocycles. The van der Waals surface area contributed by atoms with Gasteiger partial charge in [-0.1, -0.05) is 0 Å². The molecule has 2 amide bonds. The molecule has 1 aliphatic heterocycles. The fourth-order valence-electron chi connectivity index (χ4n) is 3.20. The molecule has 1 saturated heterocycles. The maximum absolute atomic E-state index is 12.6. The highest BCUT2D eigenvalue weighted by Crippen LogP contribution is 2.39. The average Bonchev–Trinajstić information content (AvgIpc) is 3.12. The van der Waals surface area contributed by atoms with Crippen LogP contribution in [0.2, 0.25) is 0 Å². The van der Waals surface area contributed by atoms with Crippen molar-refractivity contribution in [3.05, 3.63) is 23.7 Å². The Kier molecular flexibility index (Phi) is 3.70. The van der Waals surface area contributed by atoms with Crippen LogP contribution in [-0.4, -0.2) is 50.8 Å². The largest absolute Gasteiger partial charge is 0.344 e. The molecule has 24 heavy (non-hydrogen) atoms. The van der Waals surface area contributed by atoms with E-state index in [1.54, 1.807) is 19.3 Å². The van der Waals surface area contributed by atoms with Crippen LogP contribution in [0, 0.1) is 0 Å². The predicted octanol–water partition coefficient (Wildman–Crippen LogP) is 1.58. The molecule has 1 saturated carbocycles. The van der Waals surface area contributed by atoms with Gasteiger partial charge in [0.05, 0.1) is 17.5 Å². The molecule has 0 bridgehead atoms. The molecule has 2 N–H and O–H groups in total. The molecule has 2 aromatic heterocycles. The van der Waals surface area contributed by atoms with E-state index < -0.39 is 6.04 Å². The van der Waals surface area contributed by atoms with Crippen LogP contribution in [0.3, 0.4) is 0 Å².